The number of carboxylic acid groups (broad SMARTS) is 1. The highest BCUT2D eigenvalue weighted by Gasteiger charge is 2.23. The normalized spacial score (nSPS) is 11.5. The first-order chi connectivity index (χ1) is 28.5. The molecule has 2 atom stereocenters. The molecule has 6 aromatic rings. The van der Waals surface area contributed by atoms with Crippen LogP contribution >= 0.6 is 46.2 Å². The lowest BCUT2D eigenvalue weighted by Crippen LogP contribution is -2.42. The van der Waals surface area contributed by atoms with Crippen LogP contribution in [0, 0.1) is 13.8 Å². The summed E-state index contributed by atoms with van der Waals surface area (Å²) in [5.74, 6) is 0.702. The van der Waals surface area contributed by atoms with E-state index in [9.17, 15) is 19.2 Å². The third-order valence-electron chi connectivity index (χ3n) is 8.86. The Morgan fingerprint density at radius 1 is 0.644 bits per heavy atom. The number of hydrogen-bond acceptors (Lipinski definition) is 11. The summed E-state index contributed by atoms with van der Waals surface area (Å²) in [4.78, 5) is 57.0. The molecule has 308 valence electrons. The quantitative estimate of drug-likeness (QED) is 0.0809. The molecular formula is C46H50N4O5S4. The van der Waals surface area contributed by atoms with Gasteiger partial charge < -0.3 is 16.2 Å². The average Bonchev–Trinajstić information content (AvgIpc) is 3.93. The maximum atomic E-state index is 12.9. The number of thiazole rings is 2. The van der Waals surface area contributed by atoms with Crippen molar-refractivity contribution in [2.45, 2.75) is 51.6 Å². The van der Waals surface area contributed by atoms with Gasteiger partial charge in [0, 0.05) is 27.5 Å². The Kier molecular flexibility index (Phi) is 19.7. The number of nitrogens with two attached hydrogens (primary N) is 1. The molecule has 0 unspecified atom stereocenters. The van der Waals surface area contributed by atoms with E-state index in [1.807, 2.05) is 110 Å². The van der Waals surface area contributed by atoms with Crippen LogP contribution in [0.4, 0.5) is 0 Å². The lowest BCUT2D eigenvalue weighted by Gasteiger charge is -2.17. The molecule has 2 heterocycles. The summed E-state index contributed by atoms with van der Waals surface area (Å²) in [6, 6.07) is 33.1. The molecule has 0 aliphatic rings. The van der Waals surface area contributed by atoms with Gasteiger partial charge in [-0.2, -0.15) is 23.5 Å². The zero-order valence-electron chi connectivity index (χ0n) is 33.6. The first-order valence-electron chi connectivity index (χ1n) is 18.9. The Bertz CT molecular complexity index is 2210. The van der Waals surface area contributed by atoms with E-state index in [2.05, 4.69) is 15.3 Å². The lowest BCUT2D eigenvalue weighted by atomic mass is 10.1. The van der Waals surface area contributed by atoms with Gasteiger partial charge in [0.05, 0.1) is 41.9 Å². The molecule has 0 saturated carbocycles. The predicted octanol–water partition coefficient (Wildman–Crippen LogP) is 9.48. The zero-order chi connectivity index (χ0) is 42.6. The second-order valence-corrected chi connectivity index (χ2v) is 17.4. The van der Waals surface area contributed by atoms with E-state index < -0.39 is 12.0 Å². The molecule has 13 heteroatoms. The fourth-order valence-corrected chi connectivity index (χ4v) is 8.00. The van der Waals surface area contributed by atoms with Gasteiger partial charge >= 0.3 is 5.97 Å². The van der Waals surface area contributed by atoms with Crippen molar-refractivity contribution in [2.24, 2.45) is 5.73 Å². The second-order valence-electron chi connectivity index (χ2n) is 13.5. The number of hydrogen-bond donors (Lipinski definition) is 3. The van der Waals surface area contributed by atoms with Crippen LogP contribution in [0.2, 0.25) is 0 Å². The van der Waals surface area contributed by atoms with E-state index in [0.717, 1.165) is 61.6 Å². The van der Waals surface area contributed by atoms with Crippen LogP contribution in [0.15, 0.2) is 120 Å². The number of carbonyl (C=O) groups excluding carboxylic acids is 3. The molecule has 1 amide bonds. The number of Topliss-reactive ketones (excluding diaryl/α,β-unsaturated/α-hetero) is 2. The minimum Gasteiger partial charge on any atom is -0.478 e. The maximum absolute atomic E-state index is 12.9. The fourth-order valence-electron chi connectivity index (χ4n) is 5.42. The summed E-state index contributed by atoms with van der Waals surface area (Å²) in [7, 11) is 0. The molecule has 0 spiro atoms. The van der Waals surface area contributed by atoms with Gasteiger partial charge in [-0.15, -0.1) is 22.7 Å². The van der Waals surface area contributed by atoms with Gasteiger partial charge in [0.1, 0.15) is 10.0 Å². The highest BCUT2D eigenvalue weighted by molar-refractivity contribution is 7.98. The van der Waals surface area contributed by atoms with Crippen molar-refractivity contribution in [1.82, 2.24) is 15.3 Å². The molecule has 2 aromatic heterocycles. The summed E-state index contributed by atoms with van der Waals surface area (Å²) >= 11 is 6.38. The molecule has 4 N–H and O–H groups in total. The van der Waals surface area contributed by atoms with E-state index in [0.29, 0.717) is 24.0 Å². The Hall–Kier alpha value is -4.92. The third-order valence-corrected chi connectivity index (χ3v) is 11.8. The van der Waals surface area contributed by atoms with E-state index >= 15 is 0 Å². The molecule has 0 aliphatic heterocycles. The number of nitrogens with zero attached hydrogens (tertiary/aromatic N) is 2. The van der Waals surface area contributed by atoms with Gasteiger partial charge in [-0.25, -0.2) is 14.8 Å². The molecule has 4 aromatic carbocycles. The minimum absolute atomic E-state index is 0.00604. The Morgan fingerprint density at radius 3 is 1.54 bits per heavy atom. The number of aromatic carboxylic acids is 1. The number of aryl methyl sites for hydroxylation is 2. The summed E-state index contributed by atoms with van der Waals surface area (Å²) in [6.07, 6.45) is 5.92. The lowest BCUT2D eigenvalue weighted by molar-refractivity contribution is -0.120. The number of nitrogens with one attached hydrogen (secondary N) is 1. The molecule has 0 radical (unpaired) electrons. The highest BCUT2D eigenvalue weighted by Crippen LogP contribution is 2.24. The largest absolute Gasteiger partial charge is 0.478 e. The number of ketones is 2. The summed E-state index contributed by atoms with van der Waals surface area (Å²) in [5, 5.41) is 17.0. The highest BCUT2D eigenvalue weighted by atomic mass is 32.2. The summed E-state index contributed by atoms with van der Waals surface area (Å²) in [5.41, 5.74) is 12.9. The molecule has 6 rings (SSSR count). The molecule has 59 heavy (non-hydrogen) atoms. The van der Waals surface area contributed by atoms with Gasteiger partial charge in [0.25, 0.3) is 5.91 Å². The number of aromatic nitrogens is 2. The number of carbonyl (C=O) groups is 4. The van der Waals surface area contributed by atoms with Crippen molar-refractivity contribution in [3.63, 3.8) is 0 Å². The van der Waals surface area contributed by atoms with Crippen LogP contribution in [0.3, 0.4) is 0 Å². The van der Waals surface area contributed by atoms with Crippen molar-refractivity contribution >= 4 is 69.6 Å². The average molecular weight is 867 g/mol. The van der Waals surface area contributed by atoms with Crippen molar-refractivity contribution in [1.29, 1.82) is 0 Å². The Labute approximate surface area is 363 Å². The monoisotopic (exact) mass is 866 g/mol. The molecule has 9 nitrogen and oxygen atoms in total. The van der Waals surface area contributed by atoms with E-state index in [1.165, 1.54) is 22.7 Å². The van der Waals surface area contributed by atoms with Crippen LogP contribution < -0.4 is 11.1 Å². The zero-order valence-corrected chi connectivity index (χ0v) is 36.9. The van der Waals surface area contributed by atoms with E-state index in [4.69, 9.17) is 10.8 Å². The molecule has 0 fully saturated rings. The summed E-state index contributed by atoms with van der Waals surface area (Å²) in [6.45, 7) is 3.90. The van der Waals surface area contributed by atoms with E-state index in [1.54, 1.807) is 59.9 Å². The Balaban J connectivity index is 0.000000220. The van der Waals surface area contributed by atoms with Crippen LogP contribution in [0.1, 0.15) is 54.7 Å². The number of rotatable bonds is 17. The van der Waals surface area contributed by atoms with Crippen LogP contribution in [0.25, 0.3) is 22.5 Å². The van der Waals surface area contributed by atoms with Crippen molar-refractivity contribution in [2.75, 3.05) is 24.0 Å². The van der Waals surface area contributed by atoms with E-state index in [-0.39, 0.29) is 29.9 Å². The minimum atomic E-state index is -0.875. The SMILES string of the molecule is CSCC[C@H](N)C(=O)Cc1nc(-c2ccccc2)cs1.CSCC[C@H](NC(=O)c1ccc(C)cc1)C(=O)Cc1nc(-c2ccccc2)cs1.Cc1ccc(C(=O)O)cc1. The predicted molar refractivity (Wildman–Crippen MR) is 247 cm³/mol. The smallest absolute Gasteiger partial charge is 0.335 e. The van der Waals surface area contributed by atoms with Gasteiger partial charge in [-0.3, -0.25) is 14.4 Å². The fraction of sp³-hybridized carbons (Fsp3) is 0.261. The number of carboxylic acids is 1. The third kappa shape index (κ3) is 16.0. The van der Waals surface area contributed by atoms with Crippen molar-refractivity contribution < 1.29 is 24.3 Å². The second kappa shape index (κ2) is 24.9. The molecule has 0 aliphatic carbocycles. The molecule has 0 saturated heterocycles. The van der Waals surface area contributed by atoms with Crippen molar-refractivity contribution in [3.8, 4) is 22.5 Å². The number of thioether (sulfide) groups is 2. The van der Waals surface area contributed by atoms with Crippen LogP contribution in [0.5, 0.6) is 0 Å². The topological polar surface area (TPSA) is 152 Å². The van der Waals surface area contributed by atoms with Crippen LogP contribution in [-0.4, -0.2) is 74.6 Å². The van der Waals surface area contributed by atoms with Gasteiger partial charge in [-0.1, -0.05) is 96.1 Å². The van der Waals surface area contributed by atoms with Gasteiger partial charge in [0.15, 0.2) is 11.6 Å². The first-order valence-corrected chi connectivity index (χ1v) is 23.5. The maximum Gasteiger partial charge on any atom is 0.335 e. The van der Waals surface area contributed by atoms with Gasteiger partial charge in [0.2, 0.25) is 0 Å². The van der Waals surface area contributed by atoms with Crippen LogP contribution in [-0.2, 0) is 22.4 Å². The Morgan fingerprint density at radius 2 is 1.08 bits per heavy atom. The number of benzene rings is 4. The molecule has 0 bridgehead atoms. The first kappa shape index (κ1) is 46.8. The summed E-state index contributed by atoms with van der Waals surface area (Å²) < 4.78 is 0. The van der Waals surface area contributed by atoms with Gasteiger partial charge in [-0.05, 0) is 75.0 Å². The van der Waals surface area contributed by atoms with Crippen molar-refractivity contribution in [3.05, 3.63) is 152 Å². The number of amides is 1. The molecular weight excluding hydrogens is 817 g/mol. The standard InChI is InChI=1S/C23H24N2O2S2.C15H18N2OS2.C8H8O2/c1-16-8-10-18(11-9-16)23(27)25-19(12-13-28-2)21(26)14-22-24-20(15-29-22)17-6-4-3-5-7-17;1-19-8-7-12(16)14(18)9-15-17-13(10-20-15)11-5-3-2-4-6-11;1-6-2-4-7(5-3-6)8(9)10/h3-11,15,19H,12-14H2,1-2H3,(H,25,27);2-6,10,12H,7-9,16H2,1H3;2-5H,1H3,(H,9,10)/t19-;12-;/m00./s1.